The summed E-state index contributed by atoms with van der Waals surface area (Å²) in [5.41, 5.74) is 0.945. The molecule has 1 aromatic heterocycles. The molecule has 1 fully saturated rings. The van der Waals surface area contributed by atoms with Crippen molar-refractivity contribution in [2.45, 2.75) is 38.3 Å². The molecule has 0 spiro atoms. The quantitative estimate of drug-likeness (QED) is 0.777. The number of rotatable bonds is 4. The molecule has 0 bridgehead atoms. The van der Waals surface area contributed by atoms with Crippen LogP contribution >= 0.6 is 0 Å². The minimum Gasteiger partial charge on any atom is -0.332 e. The maximum Gasteiger partial charge on any atom is 0.254 e. The van der Waals surface area contributed by atoms with E-state index in [1.165, 1.54) is 10.4 Å². The summed E-state index contributed by atoms with van der Waals surface area (Å²) < 4.78 is 39.0. The van der Waals surface area contributed by atoms with Gasteiger partial charge < -0.3 is 9.88 Å². The van der Waals surface area contributed by atoms with Crippen molar-refractivity contribution in [1.82, 2.24) is 19.2 Å². The Bertz CT molecular complexity index is 1150. The molecule has 160 valence electrons. The first-order valence-electron chi connectivity index (χ1n) is 9.84. The lowest BCUT2D eigenvalue weighted by atomic mass is 10.1. The lowest BCUT2D eigenvalue weighted by Gasteiger charge is -2.28. The molecule has 2 aromatic rings. The van der Waals surface area contributed by atoms with Crippen LogP contribution in [0.5, 0.6) is 0 Å². The molecule has 0 aliphatic carbocycles. The Labute approximate surface area is 173 Å². The van der Waals surface area contributed by atoms with Crippen LogP contribution in [0.2, 0.25) is 0 Å². The molecule has 0 unspecified atom stereocenters. The van der Waals surface area contributed by atoms with Crippen molar-refractivity contribution in [2.24, 2.45) is 0 Å². The van der Waals surface area contributed by atoms with E-state index in [1.54, 1.807) is 23.1 Å². The topological polar surface area (TPSA) is 103 Å². The number of carbonyl (C=O) groups is 1. The molecular formula is C20H23FN4O4S. The second kappa shape index (κ2) is 7.92. The zero-order valence-electron chi connectivity index (χ0n) is 16.6. The fourth-order valence-corrected chi connectivity index (χ4v) is 4.91. The predicted molar refractivity (Wildman–Crippen MR) is 108 cm³/mol. The monoisotopic (exact) mass is 434 g/mol. The summed E-state index contributed by atoms with van der Waals surface area (Å²) in [7, 11) is -3.40. The van der Waals surface area contributed by atoms with Gasteiger partial charge in [0.1, 0.15) is 11.6 Å². The molecule has 3 heterocycles. The number of likely N-dealkylation sites (tertiary alicyclic amines) is 1. The Morgan fingerprint density at radius 2 is 2.07 bits per heavy atom. The summed E-state index contributed by atoms with van der Waals surface area (Å²) in [6.07, 6.45) is 2.72. The first kappa shape index (κ1) is 20.7. The van der Waals surface area contributed by atoms with Gasteiger partial charge in [-0.15, -0.1) is 0 Å². The molecule has 8 nitrogen and oxygen atoms in total. The van der Waals surface area contributed by atoms with Gasteiger partial charge in [-0.2, -0.15) is 4.31 Å². The van der Waals surface area contributed by atoms with Gasteiger partial charge in [-0.05, 0) is 30.9 Å². The van der Waals surface area contributed by atoms with Crippen molar-refractivity contribution in [1.29, 1.82) is 0 Å². The molecule has 2 aliphatic heterocycles. The van der Waals surface area contributed by atoms with Crippen LogP contribution in [0.4, 0.5) is 4.39 Å². The Balaban J connectivity index is 1.60. The van der Waals surface area contributed by atoms with Crippen LogP contribution in [-0.2, 0) is 34.2 Å². The lowest BCUT2D eigenvalue weighted by molar-refractivity contribution is -0.131. The second-order valence-electron chi connectivity index (χ2n) is 7.74. The largest absolute Gasteiger partial charge is 0.332 e. The highest BCUT2D eigenvalue weighted by Crippen LogP contribution is 2.31. The SMILES string of the molecule is CS(=O)(=O)N1CCc2c(nc([C@H]3CCCN3C(=O)Cc3ccccc3F)[nH]c2=O)C1. The van der Waals surface area contributed by atoms with Gasteiger partial charge in [0.2, 0.25) is 15.9 Å². The van der Waals surface area contributed by atoms with Gasteiger partial charge >= 0.3 is 0 Å². The number of fused-ring (bicyclic) bond motifs is 1. The van der Waals surface area contributed by atoms with Crippen LogP contribution in [0.15, 0.2) is 29.1 Å². The van der Waals surface area contributed by atoms with E-state index in [0.29, 0.717) is 42.0 Å². The maximum absolute atomic E-state index is 13.9. The average molecular weight is 434 g/mol. The first-order valence-corrected chi connectivity index (χ1v) is 11.7. The Hall–Kier alpha value is -2.59. The van der Waals surface area contributed by atoms with E-state index in [-0.39, 0.29) is 31.0 Å². The van der Waals surface area contributed by atoms with Crippen molar-refractivity contribution >= 4 is 15.9 Å². The molecule has 0 radical (unpaired) electrons. The Morgan fingerprint density at radius 3 is 2.80 bits per heavy atom. The minimum atomic E-state index is -3.40. The Morgan fingerprint density at radius 1 is 1.30 bits per heavy atom. The molecule has 2 aliphatic rings. The normalized spacial score (nSPS) is 19.7. The van der Waals surface area contributed by atoms with E-state index in [2.05, 4.69) is 9.97 Å². The molecule has 1 N–H and O–H groups in total. The van der Waals surface area contributed by atoms with E-state index in [0.717, 1.165) is 12.7 Å². The molecule has 30 heavy (non-hydrogen) atoms. The number of amides is 1. The van der Waals surface area contributed by atoms with E-state index in [9.17, 15) is 22.4 Å². The average Bonchev–Trinajstić information content (AvgIpc) is 3.18. The van der Waals surface area contributed by atoms with Crippen LogP contribution in [-0.4, -0.2) is 52.8 Å². The zero-order valence-corrected chi connectivity index (χ0v) is 17.4. The second-order valence-corrected chi connectivity index (χ2v) is 9.72. The maximum atomic E-state index is 13.9. The molecule has 1 aromatic carbocycles. The van der Waals surface area contributed by atoms with E-state index >= 15 is 0 Å². The number of hydrogen-bond acceptors (Lipinski definition) is 5. The van der Waals surface area contributed by atoms with Crippen LogP contribution in [0.1, 0.15) is 41.5 Å². The summed E-state index contributed by atoms with van der Waals surface area (Å²) in [6.45, 7) is 0.780. The molecule has 1 atom stereocenters. The highest BCUT2D eigenvalue weighted by molar-refractivity contribution is 7.88. The van der Waals surface area contributed by atoms with Crippen LogP contribution < -0.4 is 5.56 Å². The van der Waals surface area contributed by atoms with Crippen LogP contribution in [0.25, 0.3) is 0 Å². The number of benzene rings is 1. The number of aromatic nitrogens is 2. The van der Waals surface area contributed by atoms with Crippen molar-refractivity contribution < 1.29 is 17.6 Å². The molecule has 10 heteroatoms. The molecule has 1 amide bonds. The summed E-state index contributed by atoms with van der Waals surface area (Å²) >= 11 is 0. The van der Waals surface area contributed by atoms with Crippen molar-refractivity contribution in [2.75, 3.05) is 19.3 Å². The molecule has 4 rings (SSSR count). The third kappa shape index (κ3) is 4.01. The standard InChI is InChI=1S/C20H23FN4O4S/c1-30(28,29)24-10-8-14-16(12-24)22-19(23-20(14)27)17-7-4-9-25(17)18(26)11-13-5-2-3-6-15(13)21/h2-3,5-6,17H,4,7-12H2,1H3,(H,22,23,27)/t17-/m1/s1. The summed E-state index contributed by atoms with van der Waals surface area (Å²) in [4.78, 5) is 34.4. The van der Waals surface area contributed by atoms with E-state index in [4.69, 9.17) is 0 Å². The third-order valence-electron chi connectivity index (χ3n) is 5.71. The number of hydrogen-bond donors (Lipinski definition) is 1. The summed E-state index contributed by atoms with van der Waals surface area (Å²) in [6, 6.07) is 5.74. The number of sulfonamides is 1. The number of nitrogens with zero attached hydrogens (tertiary/aromatic N) is 3. The van der Waals surface area contributed by atoms with Crippen molar-refractivity contribution in [3.63, 3.8) is 0 Å². The highest BCUT2D eigenvalue weighted by Gasteiger charge is 2.34. The fraction of sp³-hybridized carbons (Fsp3) is 0.450. The number of halogens is 1. The molecular weight excluding hydrogens is 411 g/mol. The molecule has 0 saturated carbocycles. The van der Waals surface area contributed by atoms with Gasteiger partial charge in [0, 0.05) is 18.7 Å². The van der Waals surface area contributed by atoms with Gasteiger partial charge in [-0.25, -0.2) is 17.8 Å². The smallest absolute Gasteiger partial charge is 0.254 e. The molecule has 1 saturated heterocycles. The predicted octanol–water partition coefficient (Wildman–Crippen LogP) is 1.13. The van der Waals surface area contributed by atoms with Crippen molar-refractivity contribution in [3.05, 3.63) is 63.1 Å². The first-order chi connectivity index (χ1) is 14.2. The van der Waals surface area contributed by atoms with E-state index < -0.39 is 21.9 Å². The lowest BCUT2D eigenvalue weighted by Crippen LogP contribution is -2.40. The van der Waals surface area contributed by atoms with Gasteiger partial charge in [0.25, 0.3) is 5.56 Å². The minimum absolute atomic E-state index is 0.0426. The van der Waals surface area contributed by atoms with Crippen molar-refractivity contribution in [3.8, 4) is 0 Å². The summed E-state index contributed by atoms with van der Waals surface area (Å²) in [5, 5.41) is 0. The van der Waals surface area contributed by atoms with Gasteiger partial charge in [0.15, 0.2) is 0 Å². The van der Waals surface area contributed by atoms with Gasteiger partial charge in [-0.1, -0.05) is 18.2 Å². The Kier molecular flexibility index (Phi) is 5.46. The van der Waals surface area contributed by atoms with E-state index in [1.807, 2.05) is 0 Å². The fourth-order valence-electron chi connectivity index (χ4n) is 4.13. The van der Waals surface area contributed by atoms with Gasteiger partial charge in [-0.3, -0.25) is 9.59 Å². The van der Waals surface area contributed by atoms with Crippen LogP contribution in [0, 0.1) is 5.82 Å². The number of carbonyl (C=O) groups excluding carboxylic acids is 1. The number of aromatic amines is 1. The number of H-pyrrole nitrogens is 1. The summed E-state index contributed by atoms with van der Waals surface area (Å²) in [5.74, 6) is -0.308. The highest BCUT2D eigenvalue weighted by atomic mass is 32.2. The van der Waals surface area contributed by atoms with Crippen LogP contribution in [0.3, 0.4) is 0 Å². The zero-order chi connectivity index (χ0) is 21.5. The number of nitrogens with one attached hydrogen (secondary N) is 1. The van der Waals surface area contributed by atoms with Gasteiger partial charge in [0.05, 0.1) is 31.0 Å². The third-order valence-corrected chi connectivity index (χ3v) is 6.96.